The average Bonchev–Trinajstić information content (AvgIpc) is 2.59. The maximum Gasteiger partial charge on any atom is 0.358 e. The van der Waals surface area contributed by atoms with Crippen molar-refractivity contribution in [2.45, 2.75) is 0 Å². The number of hydrogen-bond acceptors (Lipinski definition) is 6. The van der Waals surface area contributed by atoms with Crippen molar-refractivity contribution in [1.29, 1.82) is 0 Å². The predicted octanol–water partition coefficient (Wildman–Crippen LogP) is 2.09. The van der Waals surface area contributed by atoms with E-state index in [9.17, 15) is 19.8 Å². The van der Waals surface area contributed by atoms with Crippen molar-refractivity contribution in [2.75, 3.05) is 10.9 Å². The molecule has 0 aliphatic carbocycles. The number of carboxylic acids is 2. The summed E-state index contributed by atoms with van der Waals surface area (Å²) >= 11 is 0. The summed E-state index contributed by atoms with van der Waals surface area (Å²) in [5.74, 6) is -3.04. The van der Waals surface area contributed by atoms with Crippen LogP contribution in [0.5, 0.6) is 0 Å². The summed E-state index contributed by atoms with van der Waals surface area (Å²) in [5.41, 5.74) is 4.56. The Morgan fingerprint density at radius 2 is 1.00 bits per heavy atom. The van der Waals surface area contributed by atoms with Crippen LogP contribution in [0, 0.1) is 0 Å². The molecule has 2 aromatic carbocycles. The molecule has 0 fully saturated rings. The number of carboxylic acid groups (broad SMARTS) is 2. The minimum Gasteiger partial charge on any atom is -0.476 e. The molecule has 0 amide bonds. The highest BCUT2D eigenvalue weighted by atomic mass is 16.4. The second-order valence-corrected chi connectivity index (χ2v) is 4.49. The van der Waals surface area contributed by atoms with Gasteiger partial charge in [-0.15, -0.1) is 0 Å². The molecule has 2 aromatic rings. The van der Waals surface area contributed by atoms with Crippen LogP contribution in [0.25, 0.3) is 0 Å². The summed E-state index contributed by atoms with van der Waals surface area (Å²) in [5, 5.41) is 25.7. The summed E-state index contributed by atoms with van der Waals surface area (Å²) in [7, 11) is 0. The van der Waals surface area contributed by atoms with Gasteiger partial charge in [-0.3, -0.25) is 10.9 Å². The van der Waals surface area contributed by atoms with E-state index in [1.807, 2.05) is 0 Å². The quantitative estimate of drug-likeness (QED) is 0.456. The van der Waals surface area contributed by atoms with Gasteiger partial charge in [0.05, 0.1) is 11.4 Å². The summed E-state index contributed by atoms with van der Waals surface area (Å²) in [6, 6.07) is 17.1. The first-order chi connectivity index (χ1) is 11.6. The number of para-hydroxylation sites is 2. The third-order valence-corrected chi connectivity index (χ3v) is 2.77. The molecule has 4 N–H and O–H groups in total. The van der Waals surface area contributed by atoms with E-state index in [-0.39, 0.29) is 0 Å². The Morgan fingerprint density at radius 3 is 1.29 bits per heavy atom. The molecule has 0 saturated carbocycles. The van der Waals surface area contributed by atoms with Gasteiger partial charge in [-0.2, -0.15) is 10.2 Å². The molecule has 0 saturated heterocycles. The van der Waals surface area contributed by atoms with Crippen LogP contribution >= 0.6 is 0 Å². The maximum absolute atomic E-state index is 11.3. The van der Waals surface area contributed by atoms with E-state index >= 15 is 0 Å². The van der Waals surface area contributed by atoms with Gasteiger partial charge in [0.2, 0.25) is 11.4 Å². The van der Waals surface area contributed by atoms with Gasteiger partial charge < -0.3 is 10.2 Å². The van der Waals surface area contributed by atoms with Crippen molar-refractivity contribution in [3.63, 3.8) is 0 Å². The molecule has 0 bridgehead atoms. The highest BCUT2D eigenvalue weighted by Gasteiger charge is 2.24. The Morgan fingerprint density at radius 1 is 0.667 bits per heavy atom. The normalized spacial score (nSPS) is 11.7. The van der Waals surface area contributed by atoms with Crippen LogP contribution in [0.4, 0.5) is 11.4 Å². The minimum atomic E-state index is -1.52. The standard InChI is InChI=1S/C16H14N4O4/c21-15(22)13(19-17-11-7-3-1-4-8-11)14(16(23)24)20-18-12-9-5-2-6-10-12/h1-10,17-18H,(H,21,22)(H,23,24)/b19-13-,20-14?. The molecule has 8 nitrogen and oxygen atoms in total. The van der Waals surface area contributed by atoms with Crippen molar-refractivity contribution >= 4 is 34.7 Å². The van der Waals surface area contributed by atoms with Crippen LogP contribution in [-0.4, -0.2) is 33.6 Å². The zero-order valence-corrected chi connectivity index (χ0v) is 12.4. The van der Waals surface area contributed by atoms with E-state index in [0.717, 1.165) is 0 Å². The summed E-state index contributed by atoms with van der Waals surface area (Å²) in [4.78, 5) is 22.7. The van der Waals surface area contributed by atoms with E-state index in [2.05, 4.69) is 21.1 Å². The molecule has 0 heterocycles. The van der Waals surface area contributed by atoms with Gasteiger partial charge in [-0.25, -0.2) is 9.59 Å². The lowest BCUT2D eigenvalue weighted by Gasteiger charge is -2.05. The molecule has 0 aromatic heterocycles. The molecule has 122 valence electrons. The second kappa shape index (κ2) is 8.08. The topological polar surface area (TPSA) is 123 Å². The summed E-state index contributed by atoms with van der Waals surface area (Å²) in [6.07, 6.45) is 0. The number of benzene rings is 2. The molecule has 0 aliphatic heterocycles. The largest absolute Gasteiger partial charge is 0.476 e. The molecule has 0 radical (unpaired) electrons. The predicted molar refractivity (Wildman–Crippen MR) is 90.3 cm³/mol. The Hall–Kier alpha value is -3.68. The fraction of sp³-hybridized carbons (Fsp3) is 0. The lowest BCUT2D eigenvalue weighted by Crippen LogP contribution is -2.32. The molecule has 8 heteroatoms. The van der Waals surface area contributed by atoms with Crippen LogP contribution in [0.15, 0.2) is 70.9 Å². The van der Waals surface area contributed by atoms with Gasteiger partial charge in [-0.05, 0) is 24.3 Å². The molecule has 0 aliphatic rings. The van der Waals surface area contributed by atoms with E-state index < -0.39 is 23.4 Å². The van der Waals surface area contributed by atoms with Gasteiger partial charge in [0.25, 0.3) is 0 Å². The highest BCUT2D eigenvalue weighted by molar-refractivity contribution is 6.79. The number of rotatable bonds is 7. The van der Waals surface area contributed by atoms with E-state index in [0.29, 0.717) is 11.4 Å². The lowest BCUT2D eigenvalue weighted by molar-refractivity contribution is -0.131. The van der Waals surface area contributed by atoms with Crippen molar-refractivity contribution in [1.82, 2.24) is 0 Å². The molecule has 24 heavy (non-hydrogen) atoms. The van der Waals surface area contributed by atoms with Gasteiger partial charge in [0.15, 0.2) is 0 Å². The van der Waals surface area contributed by atoms with Gasteiger partial charge >= 0.3 is 11.9 Å². The molecule has 0 unspecified atom stereocenters. The molecular formula is C16H14N4O4. The Balaban J connectivity index is 2.27. The molecule has 2 rings (SSSR count). The molecular weight excluding hydrogens is 312 g/mol. The van der Waals surface area contributed by atoms with Crippen LogP contribution in [0.3, 0.4) is 0 Å². The zero-order chi connectivity index (χ0) is 17.4. The third-order valence-electron chi connectivity index (χ3n) is 2.77. The smallest absolute Gasteiger partial charge is 0.358 e. The fourth-order valence-electron chi connectivity index (χ4n) is 1.67. The number of hydrazone groups is 2. The van der Waals surface area contributed by atoms with Crippen molar-refractivity contribution in [2.24, 2.45) is 10.2 Å². The van der Waals surface area contributed by atoms with E-state index in [1.54, 1.807) is 60.7 Å². The van der Waals surface area contributed by atoms with E-state index in [4.69, 9.17) is 0 Å². The first kappa shape index (κ1) is 16.7. The van der Waals surface area contributed by atoms with Gasteiger partial charge in [-0.1, -0.05) is 36.4 Å². The first-order valence-electron chi connectivity index (χ1n) is 6.82. The Kier molecular flexibility index (Phi) is 5.62. The van der Waals surface area contributed by atoms with Crippen LogP contribution < -0.4 is 10.9 Å². The molecule has 0 atom stereocenters. The van der Waals surface area contributed by atoms with Crippen LogP contribution in [0.1, 0.15) is 0 Å². The summed E-state index contributed by atoms with van der Waals surface area (Å²) in [6.45, 7) is 0. The number of nitrogens with zero attached hydrogens (tertiary/aromatic N) is 2. The SMILES string of the molecule is O=C(O)C(=NNc1ccccc1)/C(=N/Nc1ccccc1)C(=O)O. The monoisotopic (exact) mass is 326 g/mol. The van der Waals surface area contributed by atoms with E-state index in [1.165, 1.54) is 0 Å². The average molecular weight is 326 g/mol. The first-order valence-corrected chi connectivity index (χ1v) is 6.82. The molecule has 0 spiro atoms. The number of carbonyl (C=O) groups is 2. The fourth-order valence-corrected chi connectivity index (χ4v) is 1.67. The third kappa shape index (κ3) is 4.67. The number of hydrogen-bond donors (Lipinski definition) is 4. The van der Waals surface area contributed by atoms with Crippen molar-refractivity contribution in [3.8, 4) is 0 Å². The second-order valence-electron chi connectivity index (χ2n) is 4.49. The van der Waals surface area contributed by atoms with Gasteiger partial charge in [0.1, 0.15) is 0 Å². The van der Waals surface area contributed by atoms with Crippen LogP contribution in [-0.2, 0) is 9.59 Å². The zero-order valence-electron chi connectivity index (χ0n) is 12.4. The number of nitrogens with one attached hydrogen (secondary N) is 2. The summed E-state index contributed by atoms with van der Waals surface area (Å²) < 4.78 is 0. The highest BCUT2D eigenvalue weighted by Crippen LogP contribution is 2.06. The van der Waals surface area contributed by atoms with Gasteiger partial charge in [0, 0.05) is 0 Å². The number of aliphatic carboxylic acids is 2. The minimum absolute atomic E-state index is 0.511. The van der Waals surface area contributed by atoms with Crippen molar-refractivity contribution in [3.05, 3.63) is 60.7 Å². The number of anilines is 2. The van der Waals surface area contributed by atoms with Crippen LogP contribution in [0.2, 0.25) is 0 Å². The van der Waals surface area contributed by atoms with Crippen molar-refractivity contribution < 1.29 is 19.8 Å². The lowest BCUT2D eigenvalue weighted by atomic mass is 10.2. The maximum atomic E-state index is 11.3. The Bertz CT molecular complexity index is 706. The Labute approximate surface area is 137 Å².